The van der Waals surface area contributed by atoms with Gasteiger partial charge < -0.3 is 10.1 Å². The number of rotatable bonds is 4. The number of allylic oxidation sites excluding steroid dienone is 1. The van der Waals surface area contributed by atoms with Crippen molar-refractivity contribution < 1.29 is 9.53 Å². The third kappa shape index (κ3) is 3.20. The van der Waals surface area contributed by atoms with Gasteiger partial charge in [0.25, 0.3) is 0 Å². The maximum Gasteiger partial charge on any atom is 0.338 e. The Morgan fingerprint density at radius 3 is 2.88 bits per heavy atom. The van der Waals surface area contributed by atoms with Crippen LogP contribution in [-0.4, -0.2) is 23.4 Å². The molecule has 0 spiro atoms. The van der Waals surface area contributed by atoms with Crippen molar-refractivity contribution >= 4 is 34.7 Å². The van der Waals surface area contributed by atoms with Crippen LogP contribution in [0.1, 0.15) is 30.5 Å². The summed E-state index contributed by atoms with van der Waals surface area (Å²) in [7, 11) is 0. The summed E-state index contributed by atoms with van der Waals surface area (Å²) in [4.78, 5) is 21.4. The fraction of sp³-hybridized carbons (Fsp3) is 0.235. The molecule has 1 N–H and O–H groups in total. The summed E-state index contributed by atoms with van der Waals surface area (Å²) in [6.45, 7) is 3.91. The van der Waals surface area contributed by atoms with Crippen LogP contribution in [0.4, 0.5) is 0 Å². The van der Waals surface area contributed by atoms with Crippen LogP contribution in [-0.2, 0) is 9.53 Å². The predicted molar refractivity (Wildman–Crippen MR) is 95.3 cm³/mol. The van der Waals surface area contributed by atoms with E-state index < -0.39 is 12.0 Å². The molecule has 0 saturated carbocycles. The van der Waals surface area contributed by atoms with E-state index in [1.807, 2.05) is 30.5 Å². The van der Waals surface area contributed by atoms with Gasteiger partial charge in [0.2, 0.25) is 0 Å². The Morgan fingerprint density at radius 1 is 1.42 bits per heavy atom. The molecular weight excluding hydrogens is 346 g/mol. The van der Waals surface area contributed by atoms with Gasteiger partial charge in [-0.2, -0.15) is 0 Å². The molecule has 0 unspecified atom stereocenters. The van der Waals surface area contributed by atoms with Crippen molar-refractivity contribution in [2.75, 3.05) is 6.61 Å². The third-order valence-corrected chi connectivity index (χ3v) is 4.70. The molecule has 1 atom stereocenters. The zero-order chi connectivity index (χ0) is 17.1. The van der Waals surface area contributed by atoms with Gasteiger partial charge in [-0.3, -0.25) is 4.99 Å². The van der Waals surface area contributed by atoms with Gasteiger partial charge >= 0.3 is 5.97 Å². The molecule has 24 heavy (non-hydrogen) atoms. The third-order valence-electron chi connectivity index (χ3n) is 3.57. The lowest BCUT2D eigenvalue weighted by Crippen LogP contribution is -2.32. The molecule has 0 saturated heterocycles. The number of amidine groups is 1. The number of esters is 1. The molecule has 2 heterocycles. The van der Waals surface area contributed by atoms with Gasteiger partial charge in [-0.1, -0.05) is 29.8 Å². The van der Waals surface area contributed by atoms with Gasteiger partial charge in [0.05, 0.1) is 12.2 Å². The highest BCUT2D eigenvalue weighted by atomic mass is 35.5. The Labute approximate surface area is 149 Å². The zero-order valence-corrected chi connectivity index (χ0v) is 14.8. The molecule has 1 aromatic heterocycles. The van der Waals surface area contributed by atoms with Crippen LogP contribution in [0, 0.1) is 0 Å². The first-order valence-corrected chi connectivity index (χ1v) is 8.74. The van der Waals surface area contributed by atoms with Crippen molar-refractivity contribution in [2.24, 2.45) is 4.99 Å². The van der Waals surface area contributed by atoms with Crippen molar-refractivity contribution in [2.45, 2.75) is 19.9 Å². The van der Waals surface area contributed by atoms with E-state index in [2.05, 4.69) is 10.3 Å². The van der Waals surface area contributed by atoms with Crippen molar-refractivity contribution in [3.8, 4) is 0 Å². The van der Waals surface area contributed by atoms with Crippen LogP contribution in [0.5, 0.6) is 0 Å². The van der Waals surface area contributed by atoms with Crippen LogP contribution in [0.15, 0.2) is 52.1 Å². The number of thiazole rings is 1. The smallest absolute Gasteiger partial charge is 0.338 e. The van der Waals surface area contributed by atoms with Crippen molar-refractivity contribution in [1.82, 2.24) is 10.3 Å². The minimum Gasteiger partial charge on any atom is -0.463 e. The van der Waals surface area contributed by atoms with E-state index in [1.54, 1.807) is 19.2 Å². The van der Waals surface area contributed by atoms with Crippen LogP contribution >= 0.6 is 22.9 Å². The van der Waals surface area contributed by atoms with Crippen LogP contribution in [0.25, 0.3) is 0 Å². The van der Waals surface area contributed by atoms with Gasteiger partial charge in [0, 0.05) is 27.9 Å². The summed E-state index contributed by atoms with van der Waals surface area (Å²) < 4.78 is 5.21. The lowest BCUT2D eigenvalue weighted by atomic mass is 9.96. The predicted octanol–water partition coefficient (Wildman–Crippen LogP) is 3.72. The number of aromatic nitrogens is 1. The lowest BCUT2D eigenvalue weighted by Gasteiger charge is -2.25. The van der Waals surface area contributed by atoms with Gasteiger partial charge in [-0.05, 0) is 19.9 Å². The quantitative estimate of drug-likeness (QED) is 0.843. The van der Waals surface area contributed by atoms with Crippen molar-refractivity contribution in [1.29, 1.82) is 0 Å². The van der Waals surface area contributed by atoms with Crippen molar-refractivity contribution in [3.05, 3.63) is 62.7 Å². The minimum absolute atomic E-state index is 0.300. The number of carbonyl (C=O) groups is 1. The first kappa shape index (κ1) is 16.7. The Kier molecular flexibility index (Phi) is 4.97. The number of halogens is 1. The standard InChI is InChI=1S/C17H16ClN3O2S/c1-3-23-17(22)13-10(2)20-15(16-19-8-9-24-16)21-14(13)11-6-4-5-7-12(11)18/h4-9,14H,3H2,1-2H3,(H,20,21)/t14-/m0/s1. The summed E-state index contributed by atoms with van der Waals surface area (Å²) in [5, 5.41) is 6.36. The SMILES string of the molecule is CCOC(=O)C1=C(C)NC(c2nccs2)=N[C@H]1c1ccccc1Cl. The highest BCUT2D eigenvalue weighted by Gasteiger charge is 2.32. The van der Waals surface area contributed by atoms with Crippen LogP contribution in [0.3, 0.4) is 0 Å². The number of nitrogens with zero attached hydrogens (tertiary/aromatic N) is 2. The monoisotopic (exact) mass is 361 g/mol. The topological polar surface area (TPSA) is 63.6 Å². The van der Waals surface area contributed by atoms with Crippen molar-refractivity contribution in [3.63, 3.8) is 0 Å². The number of hydrogen-bond acceptors (Lipinski definition) is 6. The van der Waals surface area contributed by atoms with Crippen LogP contribution < -0.4 is 5.32 Å². The molecule has 124 valence electrons. The van der Waals surface area contributed by atoms with Crippen LogP contribution in [0.2, 0.25) is 5.02 Å². The maximum atomic E-state index is 12.5. The Morgan fingerprint density at radius 2 is 2.21 bits per heavy atom. The summed E-state index contributed by atoms with van der Waals surface area (Å²) >= 11 is 7.82. The number of ether oxygens (including phenoxy) is 1. The fourth-order valence-electron chi connectivity index (χ4n) is 2.52. The molecular formula is C17H16ClN3O2S. The van der Waals surface area contributed by atoms with E-state index in [0.29, 0.717) is 28.7 Å². The Balaban J connectivity index is 2.10. The van der Waals surface area contributed by atoms with E-state index in [9.17, 15) is 4.79 Å². The molecule has 1 aliphatic heterocycles. The fourth-order valence-corrected chi connectivity index (χ4v) is 3.35. The Bertz CT molecular complexity index is 815. The molecule has 0 aliphatic carbocycles. The number of benzene rings is 1. The molecule has 2 aromatic rings. The highest BCUT2D eigenvalue weighted by Crippen LogP contribution is 2.35. The number of hydrogen-bond donors (Lipinski definition) is 1. The second kappa shape index (κ2) is 7.15. The summed E-state index contributed by atoms with van der Waals surface area (Å²) in [5.41, 5.74) is 1.92. The van der Waals surface area contributed by atoms with Gasteiger partial charge in [-0.15, -0.1) is 11.3 Å². The summed E-state index contributed by atoms with van der Waals surface area (Å²) in [6.07, 6.45) is 1.72. The molecule has 0 radical (unpaired) electrons. The molecule has 1 aliphatic rings. The first-order valence-electron chi connectivity index (χ1n) is 7.48. The number of nitrogens with one attached hydrogen (secondary N) is 1. The van der Waals surface area contributed by atoms with E-state index in [1.165, 1.54) is 11.3 Å². The highest BCUT2D eigenvalue weighted by molar-refractivity contribution is 7.11. The molecule has 0 bridgehead atoms. The zero-order valence-electron chi connectivity index (χ0n) is 13.2. The molecule has 7 heteroatoms. The van der Waals surface area contributed by atoms with Gasteiger partial charge in [0.15, 0.2) is 10.8 Å². The van der Waals surface area contributed by atoms with E-state index in [4.69, 9.17) is 21.3 Å². The number of carbonyl (C=O) groups excluding carboxylic acids is 1. The Hall–Kier alpha value is -2.18. The average molecular weight is 362 g/mol. The van der Waals surface area contributed by atoms with E-state index in [-0.39, 0.29) is 0 Å². The largest absolute Gasteiger partial charge is 0.463 e. The normalized spacial score (nSPS) is 17.3. The second-order valence-electron chi connectivity index (χ2n) is 5.12. The second-order valence-corrected chi connectivity index (χ2v) is 6.42. The minimum atomic E-state index is -0.530. The molecule has 1 aromatic carbocycles. The first-order chi connectivity index (χ1) is 11.6. The summed E-state index contributed by atoms with van der Waals surface area (Å²) in [5.74, 6) is 0.231. The number of aliphatic imine (C=N–C) groups is 1. The lowest BCUT2D eigenvalue weighted by molar-refractivity contribution is -0.138. The molecule has 0 amide bonds. The average Bonchev–Trinajstić information content (AvgIpc) is 3.09. The molecule has 5 nitrogen and oxygen atoms in total. The maximum absolute atomic E-state index is 12.5. The molecule has 3 rings (SSSR count). The van der Waals surface area contributed by atoms with E-state index >= 15 is 0 Å². The molecule has 0 fully saturated rings. The van der Waals surface area contributed by atoms with Gasteiger partial charge in [0.1, 0.15) is 6.04 Å². The summed E-state index contributed by atoms with van der Waals surface area (Å²) in [6, 6.07) is 6.85. The van der Waals surface area contributed by atoms with E-state index in [0.717, 1.165) is 10.6 Å². The van der Waals surface area contributed by atoms with Gasteiger partial charge in [-0.25, -0.2) is 9.78 Å².